The molecule has 0 N–H and O–H groups in total. The molecule has 2 aromatic heterocycles. The second-order valence-corrected chi connectivity index (χ2v) is 8.58. The van der Waals surface area contributed by atoms with E-state index < -0.39 is 0 Å². The lowest BCUT2D eigenvalue weighted by Gasteiger charge is -2.16. The summed E-state index contributed by atoms with van der Waals surface area (Å²) < 4.78 is 7.19. The summed E-state index contributed by atoms with van der Waals surface area (Å²) in [5.41, 5.74) is 1.96. The van der Waals surface area contributed by atoms with Crippen molar-refractivity contribution in [3.63, 3.8) is 0 Å². The first kappa shape index (κ1) is 21.8. The molecular formula is C20H23ClN4O2S2. The first-order valence-corrected chi connectivity index (χ1v) is 11.5. The molecule has 0 atom stereocenters. The van der Waals surface area contributed by atoms with Crippen molar-refractivity contribution in [1.29, 1.82) is 0 Å². The highest BCUT2D eigenvalue weighted by molar-refractivity contribution is 7.99. The standard InChI is InChI=1S/C20H23ClN4O2S2/c1-24(12-15-8-11-28-13-15)18(26)14-29-20-23-22-19(25(20)9-5-10-27-2)16-6-3-4-7-17(16)21/h3-4,6-8,11,13H,5,9-10,12,14H2,1-2H3. The van der Waals surface area contributed by atoms with Gasteiger partial charge in [-0.1, -0.05) is 35.5 Å². The summed E-state index contributed by atoms with van der Waals surface area (Å²) in [5.74, 6) is 1.05. The molecule has 1 amide bonds. The van der Waals surface area contributed by atoms with Crippen LogP contribution in [0, 0.1) is 0 Å². The summed E-state index contributed by atoms with van der Waals surface area (Å²) in [5, 5.41) is 14.1. The van der Waals surface area contributed by atoms with Crippen molar-refractivity contribution in [2.24, 2.45) is 0 Å². The first-order chi connectivity index (χ1) is 14.1. The predicted molar refractivity (Wildman–Crippen MR) is 118 cm³/mol. The van der Waals surface area contributed by atoms with Crippen molar-refractivity contribution >= 4 is 40.6 Å². The van der Waals surface area contributed by atoms with Gasteiger partial charge in [0, 0.05) is 39.4 Å². The average Bonchev–Trinajstić information content (AvgIpc) is 3.37. The SMILES string of the molecule is COCCCn1c(SCC(=O)N(C)Cc2ccsc2)nnc1-c1ccccc1Cl. The maximum atomic E-state index is 12.6. The Labute approximate surface area is 183 Å². The van der Waals surface area contributed by atoms with Gasteiger partial charge in [0.25, 0.3) is 0 Å². The summed E-state index contributed by atoms with van der Waals surface area (Å²) in [6.45, 7) is 1.92. The Morgan fingerprint density at radius 1 is 1.31 bits per heavy atom. The van der Waals surface area contributed by atoms with E-state index in [9.17, 15) is 4.79 Å². The van der Waals surface area contributed by atoms with Crippen LogP contribution in [-0.4, -0.2) is 52.1 Å². The topological polar surface area (TPSA) is 60.2 Å². The number of nitrogens with zero attached hydrogens (tertiary/aromatic N) is 4. The minimum absolute atomic E-state index is 0.0481. The van der Waals surface area contributed by atoms with Crippen molar-refractivity contribution in [2.45, 2.75) is 24.7 Å². The molecule has 0 fully saturated rings. The van der Waals surface area contributed by atoms with Gasteiger partial charge in [-0.05, 0) is 40.9 Å². The number of hydrogen-bond acceptors (Lipinski definition) is 6. The molecule has 0 unspecified atom stereocenters. The summed E-state index contributed by atoms with van der Waals surface area (Å²) >= 11 is 9.39. The van der Waals surface area contributed by atoms with Crippen molar-refractivity contribution in [3.8, 4) is 11.4 Å². The number of amides is 1. The third-order valence-electron chi connectivity index (χ3n) is 4.31. The molecule has 2 heterocycles. The Bertz CT molecular complexity index is 930. The fourth-order valence-electron chi connectivity index (χ4n) is 2.79. The van der Waals surface area contributed by atoms with Gasteiger partial charge in [0.1, 0.15) is 0 Å². The lowest BCUT2D eigenvalue weighted by atomic mass is 10.2. The first-order valence-electron chi connectivity index (χ1n) is 9.15. The number of ether oxygens (including phenoxy) is 1. The number of hydrogen-bond donors (Lipinski definition) is 0. The monoisotopic (exact) mass is 450 g/mol. The molecule has 0 aliphatic carbocycles. The van der Waals surface area contributed by atoms with Gasteiger partial charge >= 0.3 is 0 Å². The number of thiophene rings is 1. The zero-order valence-corrected chi connectivity index (χ0v) is 18.8. The van der Waals surface area contributed by atoms with Gasteiger partial charge in [0.2, 0.25) is 5.91 Å². The zero-order chi connectivity index (χ0) is 20.6. The van der Waals surface area contributed by atoms with E-state index >= 15 is 0 Å². The number of carbonyl (C=O) groups excluding carboxylic acids is 1. The zero-order valence-electron chi connectivity index (χ0n) is 16.4. The highest BCUT2D eigenvalue weighted by atomic mass is 35.5. The van der Waals surface area contributed by atoms with E-state index in [1.54, 1.807) is 23.3 Å². The highest BCUT2D eigenvalue weighted by Crippen LogP contribution is 2.29. The highest BCUT2D eigenvalue weighted by Gasteiger charge is 2.18. The molecule has 3 aromatic rings. The van der Waals surface area contributed by atoms with E-state index in [4.69, 9.17) is 16.3 Å². The molecule has 0 aliphatic heterocycles. The Balaban J connectivity index is 1.72. The van der Waals surface area contributed by atoms with Crippen molar-refractivity contribution in [1.82, 2.24) is 19.7 Å². The number of benzene rings is 1. The molecule has 0 spiro atoms. The lowest BCUT2D eigenvalue weighted by Crippen LogP contribution is -2.27. The molecular weight excluding hydrogens is 428 g/mol. The summed E-state index contributed by atoms with van der Waals surface area (Å²) in [7, 11) is 3.50. The van der Waals surface area contributed by atoms with Crippen LogP contribution in [0.25, 0.3) is 11.4 Å². The molecule has 0 radical (unpaired) electrons. The van der Waals surface area contributed by atoms with Crippen LogP contribution < -0.4 is 0 Å². The molecule has 1 aromatic carbocycles. The number of aromatic nitrogens is 3. The summed E-state index contributed by atoms with van der Waals surface area (Å²) in [6.07, 6.45) is 0.811. The second-order valence-electron chi connectivity index (χ2n) is 6.45. The Morgan fingerprint density at radius 3 is 2.86 bits per heavy atom. The molecule has 0 aliphatic rings. The summed E-state index contributed by atoms with van der Waals surface area (Å²) in [6, 6.07) is 9.60. The molecule has 154 valence electrons. The third-order valence-corrected chi connectivity index (χ3v) is 6.33. The molecule has 0 bridgehead atoms. The second kappa shape index (κ2) is 10.8. The van der Waals surface area contributed by atoms with E-state index in [2.05, 4.69) is 15.6 Å². The fourth-order valence-corrected chi connectivity index (χ4v) is 4.57. The van der Waals surface area contributed by atoms with Gasteiger partial charge in [0.15, 0.2) is 11.0 Å². The van der Waals surface area contributed by atoms with Crippen LogP contribution in [0.3, 0.4) is 0 Å². The number of halogens is 1. The molecule has 9 heteroatoms. The molecule has 0 saturated heterocycles. The number of thioether (sulfide) groups is 1. The van der Waals surface area contributed by atoms with Gasteiger partial charge in [-0.3, -0.25) is 4.79 Å². The van der Waals surface area contributed by atoms with Crippen LogP contribution in [0.1, 0.15) is 12.0 Å². The summed E-state index contributed by atoms with van der Waals surface area (Å²) in [4.78, 5) is 14.3. The van der Waals surface area contributed by atoms with E-state index in [-0.39, 0.29) is 5.91 Å². The van der Waals surface area contributed by atoms with Gasteiger partial charge in [-0.25, -0.2) is 0 Å². The minimum atomic E-state index is 0.0481. The van der Waals surface area contributed by atoms with Crippen molar-refractivity contribution in [2.75, 3.05) is 26.5 Å². The number of methoxy groups -OCH3 is 1. The van der Waals surface area contributed by atoms with E-state index in [1.165, 1.54) is 11.8 Å². The van der Waals surface area contributed by atoms with E-state index in [0.29, 0.717) is 41.5 Å². The van der Waals surface area contributed by atoms with Crippen molar-refractivity contribution in [3.05, 3.63) is 51.7 Å². The molecule has 3 rings (SSSR count). The smallest absolute Gasteiger partial charge is 0.233 e. The van der Waals surface area contributed by atoms with Gasteiger partial charge < -0.3 is 14.2 Å². The van der Waals surface area contributed by atoms with E-state index in [1.807, 2.05) is 47.3 Å². The van der Waals surface area contributed by atoms with Gasteiger partial charge in [0.05, 0.1) is 10.8 Å². The van der Waals surface area contributed by atoms with Crippen LogP contribution >= 0.6 is 34.7 Å². The van der Waals surface area contributed by atoms with Crippen molar-refractivity contribution < 1.29 is 9.53 Å². The molecule has 0 saturated carbocycles. The normalized spacial score (nSPS) is 11.0. The van der Waals surface area contributed by atoms with Crippen LogP contribution in [0.2, 0.25) is 5.02 Å². The molecule has 6 nitrogen and oxygen atoms in total. The number of carbonyl (C=O) groups is 1. The third kappa shape index (κ3) is 5.82. The average molecular weight is 451 g/mol. The maximum absolute atomic E-state index is 12.6. The van der Waals surface area contributed by atoms with Crippen LogP contribution in [0.5, 0.6) is 0 Å². The number of rotatable bonds is 10. The lowest BCUT2D eigenvalue weighted by molar-refractivity contribution is -0.127. The Morgan fingerprint density at radius 2 is 2.14 bits per heavy atom. The van der Waals surface area contributed by atoms with Crippen LogP contribution in [0.4, 0.5) is 0 Å². The van der Waals surface area contributed by atoms with Crippen LogP contribution in [-0.2, 0) is 22.6 Å². The maximum Gasteiger partial charge on any atom is 0.233 e. The quantitative estimate of drug-likeness (QED) is 0.337. The predicted octanol–water partition coefficient (Wildman–Crippen LogP) is 4.45. The minimum Gasteiger partial charge on any atom is -0.385 e. The van der Waals surface area contributed by atoms with Gasteiger partial charge in [-0.15, -0.1) is 10.2 Å². The molecule has 29 heavy (non-hydrogen) atoms. The Hall–Kier alpha value is -1.87. The fraction of sp³-hybridized carbons (Fsp3) is 0.350. The largest absolute Gasteiger partial charge is 0.385 e. The van der Waals surface area contributed by atoms with Gasteiger partial charge in [-0.2, -0.15) is 11.3 Å². The van der Waals surface area contributed by atoms with E-state index in [0.717, 1.165) is 17.5 Å². The van der Waals surface area contributed by atoms with Crippen LogP contribution in [0.15, 0.2) is 46.2 Å². The Kier molecular flexibility index (Phi) is 8.11.